The summed E-state index contributed by atoms with van der Waals surface area (Å²) < 4.78 is 0. The van der Waals surface area contributed by atoms with Gasteiger partial charge in [0, 0.05) is 12.6 Å². The van der Waals surface area contributed by atoms with Gasteiger partial charge in [0.05, 0.1) is 12.1 Å². The molecule has 1 aliphatic rings. The average molecular weight is 276 g/mol. The second kappa shape index (κ2) is 6.86. The van der Waals surface area contributed by atoms with Gasteiger partial charge >= 0.3 is 0 Å². The lowest BCUT2D eigenvalue weighted by atomic mass is 9.91. The molecule has 0 heterocycles. The highest BCUT2D eigenvalue weighted by atomic mass is 16.3. The van der Waals surface area contributed by atoms with Crippen LogP contribution in [0.2, 0.25) is 0 Å². The number of amides is 1. The van der Waals surface area contributed by atoms with Gasteiger partial charge in [-0.3, -0.25) is 4.79 Å². The standard InChI is InChI=1S/C16H24N2O2/c1-18(14-8-4-5-9-15(14)19)16(20)13-7-3-2-6-12(13)10-11-17/h2-3,6-7,14-15,19H,4-5,8-11,17H2,1H3. The number of aliphatic hydroxyl groups excluding tert-OH is 1. The van der Waals surface area contributed by atoms with Crippen molar-refractivity contribution < 1.29 is 9.90 Å². The van der Waals surface area contributed by atoms with Gasteiger partial charge in [0.2, 0.25) is 0 Å². The van der Waals surface area contributed by atoms with E-state index in [-0.39, 0.29) is 11.9 Å². The lowest BCUT2D eigenvalue weighted by molar-refractivity contribution is 0.0267. The number of hydrogen-bond acceptors (Lipinski definition) is 3. The first kappa shape index (κ1) is 15.0. The summed E-state index contributed by atoms with van der Waals surface area (Å²) in [6.07, 6.45) is 4.07. The molecule has 2 rings (SSSR count). The van der Waals surface area contributed by atoms with Crippen LogP contribution in [0.1, 0.15) is 41.6 Å². The maximum absolute atomic E-state index is 12.7. The molecule has 2 atom stereocenters. The number of nitrogens with zero attached hydrogens (tertiary/aromatic N) is 1. The van der Waals surface area contributed by atoms with Gasteiger partial charge in [-0.05, 0) is 37.4 Å². The number of aliphatic hydroxyl groups is 1. The summed E-state index contributed by atoms with van der Waals surface area (Å²) in [4.78, 5) is 14.4. The Kier molecular flexibility index (Phi) is 5.15. The maximum Gasteiger partial charge on any atom is 0.254 e. The summed E-state index contributed by atoms with van der Waals surface area (Å²) in [7, 11) is 1.79. The van der Waals surface area contributed by atoms with Crippen LogP contribution in [0, 0.1) is 0 Å². The van der Waals surface area contributed by atoms with Gasteiger partial charge in [0.15, 0.2) is 0 Å². The highest BCUT2D eigenvalue weighted by Crippen LogP contribution is 2.24. The lowest BCUT2D eigenvalue weighted by Gasteiger charge is -2.35. The first-order chi connectivity index (χ1) is 9.65. The molecule has 20 heavy (non-hydrogen) atoms. The minimum Gasteiger partial charge on any atom is -0.391 e. The highest BCUT2D eigenvalue weighted by molar-refractivity contribution is 5.95. The molecule has 1 aromatic carbocycles. The molecule has 1 aromatic rings. The van der Waals surface area contributed by atoms with E-state index in [1.54, 1.807) is 11.9 Å². The Balaban J connectivity index is 2.17. The summed E-state index contributed by atoms with van der Waals surface area (Å²) in [5.74, 6) is -0.0139. The van der Waals surface area contributed by atoms with E-state index < -0.39 is 6.10 Å². The summed E-state index contributed by atoms with van der Waals surface area (Å²) in [6, 6.07) is 7.53. The van der Waals surface area contributed by atoms with Crippen LogP contribution < -0.4 is 5.73 Å². The SMILES string of the molecule is CN(C(=O)c1ccccc1CCN)C1CCCCC1O. The van der Waals surface area contributed by atoms with E-state index in [2.05, 4.69) is 0 Å². The molecule has 0 radical (unpaired) electrons. The molecule has 0 aliphatic heterocycles. The van der Waals surface area contributed by atoms with Crippen LogP contribution in [0.25, 0.3) is 0 Å². The lowest BCUT2D eigenvalue weighted by Crippen LogP contribution is -2.46. The second-order valence-corrected chi connectivity index (χ2v) is 5.53. The van der Waals surface area contributed by atoms with Crippen LogP contribution in [0.3, 0.4) is 0 Å². The van der Waals surface area contributed by atoms with Crippen LogP contribution in [-0.2, 0) is 6.42 Å². The Morgan fingerprint density at radius 1 is 1.35 bits per heavy atom. The van der Waals surface area contributed by atoms with Crippen molar-refractivity contribution in [2.75, 3.05) is 13.6 Å². The molecule has 1 fully saturated rings. The molecule has 2 unspecified atom stereocenters. The van der Waals surface area contributed by atoms with Gasteiger partial charge in [-0.2, -0.15) is 0 Å². The average Bonchev–Trinajstić information content (AvgIpc) is 2.47. The molecule has 0 aromatic heterocycles. The van der Waals surface area contributed by atoms with Crippen LogP contribution in [0.5, 0.6) is 0 Å². The van der Waals surface area contributed by atoms with Gasteiger partial charge < -0.3 is 15.7 Å². The summed E-state index contributed by atoms with van der Waals surface area (Å²) >= 11 is 0. The molecule has 0 spiro atoms. The van der Waals surface area contributed by atoms with E-state index >= 15 is 0 Å². The minimum absolute atomic E-state index is 0.0139. The predicted octanol–water partition coefficient (Wildman–Crippen LogP) is 1.56. The molecule has 110 valence electrons. The fourth-order valence-corrected chi connectivity index (χ4v) is 2.99. The van der Waals surface area contributed by atoms with E-state index in [0.29, 0.717) is 18.5 Å². The van der Waals surface area contributed by atoms with E-state index in [9.17, 15) is 9.90 Å². The van der Waals surface area contributed by atoms with Crippen molar-refractivity contribution >= 4 is 5.91 Å². The zero-order valence-electron chi connectivity index (χ0n) is 12.1. The predicted molar refractivity (Wildman–Crippen MR) is 79.6 cm³/mol. The third-order valence-corrected chi connectivity index (χ3v) is 4.17. The number of benzene rings is 1. The van der Waals surface area contributed by atoms with Crippen LogP contribution >= 0.6 is 0 Å². The molecule has 4 heteroatoms. The maximum atomic E-state index is 12.7. The van der Waals surface area contributed by atoms with Gasteiger partial charge in [-0.25, -0.2) is 0 Å². The number of carbonyl (C=O) groups excluding carboxylic acids is 1. The summed E-state index contributed by atoms with van der Waals surface area (Å²) in [6.45, 7) is 0.528. The molecule has 4 nitrogen and oxygen atoms in total. The molecule has 1 saturated carbocycles. The second-order valence-electron chi connectivity index (χ2n) is 5.53. The third kappa shape index (κ3) is 3.19. The fourth-order valence-electron chi connectivity index (χ4n) is 2.99. The van der Waals surface area contributed by atoms with Gasteiger partial charge in [-0.15, -0.1) is 0 Å². The van der Waals surface area contributed by atoms with Crippen molar-refractivity contribution in [3.05, 3.63) is 35.4 Å². The van der Waals surface area contributed by atoms with E-state index in [4.69, 9.17) is 5.73 Å². The smallest absolute Gasteiger partial charge is 0.254 e. The Bertz CT molecular complexity index is 462. The largest absolute Gasteiger partial charge is 0.391 e. The van der Waals surface area contributed by atoms with Crippen LogP contribution in [-0.4, -0.2) is 41.7 Å². The molecule has 1 aliphatic carbocycles. The number of nitrogens with two attached hydrogens (primary N) is 1. The Labute approximate surface area is 120 Å². The molecular weight excluding hydrogens is 252 g/mol. The first-order valence-corrected chi connectivity index (χ1v) is 7.38. The quantitative estimate of drug-likeness (QED) is 0.877. The number of carbonyl (C=O) groups is 1. The molecule has 1 amide bonds. The van der Waals surface area contributed by atoms with Crippen molar-refractivity contribution in [3.63, 3.8) is 0 Å². The van der Waals surface area contributed by atoms with Gasteiger partial charge in [-0.1, -0.05) is 31.0 Å². The zero-order chi connectivity index (χ0) is 14.5. The van der Waals surface area contributed by atoms with Gasteiger partial charge in [0.1, 0.15) is 0 Å². The normalized spacial score (nSPS) is 22.6. The first-order valence-electron chi connectivity index (χ1n) is 7.38. The Hall–Kier alpha value is -1.39. The van der Waals surface area contributed by atoms with E-state index in [1.807, 2.05) is 24.3 Å². The Morgan fingerprint density at radius 3 is 2.75 bits per heavy atom. The van der Waals surface area contributed by atoms with Gasteiger partial charge in [0.25, 0.3) is 5.91 Å². The zero-order valence-corrected chi connectivity index (χ0v) is 12.1. The van der Waals surface area contributed by atoms with Crippen molar-refractivity contribution in [1.29, 1.82) is 0 Å². The molecular formula is C16H24N2O2. The van der Waals surface area contributed by atoms with Crippen molar-refractivity contribution in [3.8, 4) is 0 Å². The molecule has 0 saturated heterocycles. The number of hydrogen-bond donors (Lipinski definition) is 2. The van der Waals surface area contributed by atoms with Crippen molar-refractivity contribution in [1.82, 2.24) is 4.90 Å². The number of rotatable bonds is 4. The fraction of sp³-hybridized carbons (Fsp3) is 0.562. The third-order valence-electron chi connectivity index (χ3n) is 4.17. The van der Waals surface area contributed by atoms with Crippen LogP contribution in [0.15, 0.2) is 24.3 Å². The monoisotopic (exact) mass is 276 g/mol. The molecule has 3 N–H and O–H groups in total. The number of likely N-dealkylation sites (N-methyl/N-ethyl adjacent to an activating group) is 1. The Morgan fingerprint density at radius 2 is 2.05 bits per heavy atom. The van der Waals surface area contributed by atoms with Crippen LogP contribution in [0.4, 0.5) is 0 Å². The van der Waals surface area contributed by atoms with E-state index in [0.717, 1.165) is 31.2 Å². The van der Waals surface area contributed by atoms with Crippen molar-refractivity contribution in [2.24, 2.45) is 5.73 Å². The van der Waals surface area contributed by atoms with E-state index in [1.165, 1.54) is 0 Å². The molecule has 0 bridgehead atoms. The summed E-state index contributed by atoms with van der Waals surface area (Å²) in [5, 5.41) is 10.1. The highest BCUT2D eigenvalue weighted by Gasteiger charge is 2.30. The summed E-state index contributed by atoms with van der Waals surface area (Å²) in [5.41, 5.74) is 7.30. The minimum atomic E-state index is -0.403. The topological polar surface area (TPSA) is 66.6 Å². The van der Waals surface area contributed by atoms with Crippen molar-refractivity contribution in [2.45, 2.75) is 44.2 Å².